The van der Waals surface area contributed by atoms with Crippen molar-refractivity contribution < 1.29 is 19.1 Å². The van der Waals surface area contributed by atoms with Crippen LogP contribution in [-0.2, 0) is 30.9 Å². The van der Waals surface area contributed by atoms with Crippen LogP contribution >= 0.6 is 15.9 Å². The van der Waals surface area contributed by atoms with Crippen LogP contribution in [0.1, 0.15) is 45.7 Å². The summed E-state index contributed by atoms with van der Waals surface area (Å²) in [6.45, 7) is 10.3. The first-order chi connectivity index (χ1) is 10.7. The Hall–Kier alpha value is -1.36. The van der Waals surface area contributed by atoms with Gasteiger partial charge in [0.05, 0.1) is 13.2 Å². The van der Waals surface area contributed by atoms with E-state index < -0.39 is 17.9 Å². The predicted molar refractivity (Wildman–Crippen MR) is 93.3 cm³/mol. The molecule has 0 saturated carbocycles. The van der Waals surface area contributed by atoms with Crippen molar-refractivity contribution in [1.29, 1.82) is 0 Å². The minimum absolute atomic E-state index is 0.0305. The number of rotatable bonds is 6. The summed E-state index contributed by atoms with van der Waals surface area (Å²) in [5.74, 6) is -2.03. The van der Waals surface area contributed by atoms with Crippen LogP contribution in [0.5, 0.6) is 0 Å². The molecule has 1 aromatic carbocycles. The van der Waals surface area contributed by atoms with E-state index in [9.17, 15) is 9.59 Å². The molecule has 0 fully saturated rings. The van der Waals surface area contributed by atoms with Crippen LogP contribution in [-0.4, -0.2) is 25.2 Å². The van der Waals surface area contributed by atoms with Gasteiger partial charge in [-0.25, -0.2) is 0 Å². The number of ether oxygens (including phenoxy) is 2. The van der Waals surface area contributed by atoms with Crippen molar-refractivity contribution in [1.82, 2.24) is 0 Å². The lowest BCUT2D eigenvalue weighted by Gasteiger charge is -2.21. The Kier molecular flexibility index (Phi) is 7.26. The van der Waals surface area contributed by atoms with Crippen molar-refractivity contribution in [2.45, 2.75) is 46.5 Å². The number of carbonyl (C=O) groups is 2. The second kappa shape index (κ2) is 8.48. The molecule has 0 aliphatic carbocycles. The highest BCUT2D eigenvalue weighted by Crippen LogP contribution is 2.29. The molecule has 0 amide bonds. The second-order valence-electron chi connectivity index (χ2n) is 6.32. The van der Waals surface area contributed by atoms with Gasteiger partial charge in [0, 0.05) is 4.47 Å². The monoisotopic (exact) mass is 384 g/mol. The fourth-order valence-electron chi connectivity index (χ4n) is 2.15. The van der Waals surface area contributed by atoms with Crippen molar-refractivity contribution in [3.63, 3.8) is 0 Å². The van der Waals surface area contributed by atoms with Crippen LogP contribution in [0.2, 0.25) is 0 Å². The third kappa shape index (κ3) is 5.65. The van der Waals surface area contributed by atoms with Gasteiger partial charge in [-0.05, 0) is 42.9 Å². The van der Waals surface area contributed by atoms with Crippen molar-refractivity contribution in [2.75, 3.05) is 13.2 Å². The van der Waals surface area contributed by atoms with Gasteiger partial charge in [0.1, 0.15) is 0 Å². The lowest BCUT2D eigenvalue weighted by molar-refractivity contribution is -0.161. The molecule has 0 radical (unpaired) electrons. The molecule has 0 atom stereocenters. The Bertz CT molecular complexity index is 543. The Labute approximate surface area is 146 Å². The zero-order valence-corrected chi connectivity index (χ0v) is 16.0. The minimum atomic E-state index is -0.938. The molecule has 0 aliphatic rings. The molecule has 0 aromatic heterocycles. The summed E-state index contributed by atoms with van der Waals surface area (Å²) in [5.41, 5.74) is 2.09. The standard InChI is InChI=1S/C18H25BrO4/c1-6-22-16(20)14(17(21)23-7-2)10-12-8-9-13(11-15(12)19)18(3,4)5/h8-9,11,14H,6-7,10H2,1-5H3. The average Bonchev–Trinajstić information content (AvgIpc) is 2.45. The Balaban J connectivity index is 3.03. The molecular weight excluding hydrogens is 360 g/mol. The van der Waals surface area contributed by atoms with Crippen LogP contribution in [0.15, 0.2) is 22.7 Å². The quantitative estimate of drug-likeness (QED) is 0.548. The van der Waals surface area contributed by atoms with Crippen molar-refractivity contribution in [2.24, 2.45) is 5.92 Å². The summed E-state index contributed by atoms with van der Waals surface area (Å²) in [7, 11) is 0. The van der Waals surface area contributed by atoms with Gasteiger partial charge in [-0.2, -0.15) is 0 Å². The molecule has 0 aliphatic heterocycles. The molecular formula is C18H25BrO4. The molecule has 5 heteroatoms. The maximum atomic E-state index is 12.1. The van der Waals surface area contributed by atoms with Gasteiger partial charge in [-0.15, -0.1) is 0 Å². The third-order valence-electron chi connectivity index (χ3n) is 3.49. The lowest BCUT2D eigenvalue weighted by Crippen LogP contribution is -2.30. The first-order valence-electron chi connectivity index (χ1n) is 7.82. The highest BCUT2D eigenvalue weighted by atomic mass is 79.9. The maximum absolute atomic E-state index is 12.1. The number of hydrogen-bond donors (Lipinski definition) is 0. The van der Waals surface area contributed by atoms with Crippen LogP contribution in [0.4, 0.5) is 0 Å². The van der Waals surface area contributed by atoms with Crippen molar-refractivity contribution in [3.05, 3.63) is 33.8 Å². The van der Waals surface area contributed by atoms with E-state index in [2.05, 4.69) is 36.7 Å². The van der Waals surface area contributed by atoms with Crippen LogP contribution in [0.3, 0.4) is 0 Å². The smallest absolute Gasteiger partial charge is 0.320 e. The van der Waals surface area contributed by atoms with E-state index in [0.29, 0.717) is 0 Å². The number of benzene rings is 1. The molecule has 0 unspecified atom stereocenters. The number of esters is 2. The first-order valence-corrected chi connectivity index (χ1v) is 8.62. The molecule has 128 valence electrons. The highest BCUT2D eigenvalue weighted by Gasteiger charge is 2.30. The van der Waals surface area contributed by atoms with Crippen LogP contribution in [0.25, 0.3) is 0 Å². The molecule has 23 heavy (non-hydrogen) atoms. The zero-order valence-electron chi connectivity index (χ0n) is 14.4. The Morgan fingerprint density at radius 1 is 1.09 bits per heavy atom. The summed E-state index contributed by atoms with van der Waals surface area (Å²) in [6, 6.07) is 5.99. The number of hydrogen-bond acceptors (Lipinski definition) is 4. The predicted octanol–water partition coefficient (Wildman–Crippen LogP) is 4.03. The van der Waals surface area contributed by atoms with E-state index in [-0.39, 0.29) is 25.0 Å². The van der Waals surface area contributed by atoms with E-state index in [1.165, 1.54) is 5.56 Å². The third-order valence-corrected chi connectivity index (χ3v) is 4.22. The fourth-order valence-corrected chi connectivity index (χ4v) is 2.69. The fraction of sp³-hybridized carbons (Fsp3) is 0.556. The van der Waals surface area contributed by atoms with E-state index in [1.54, 1.807) is 13.8 Å². The van der Waals surface area contributed by atoms with E-state index in [0.717, 1.165) is 10.0 Å². The minimum Gasteiger partial charge on any atom is -0.465 e. The SMILES string of the molecule is CCOC(=O)C(Cc1ccc(C(C)(C)C)cc1Br)C(=O)OCC. The van der Waals surface area contributed by atoms with E-state index in [4.69, 9.17) is 9.47 Å². The molecule has 0 saturated heterocycles. The van der Waals surface area contributed by atoms with E-state index >= 15 is 0 Å². The zero-order chi connectivity index (χ0) is 17.6. The molecule has 1 aromatic rings. The second-order valence-corrected chi connectivity index (χ2v) is 7.17. The highest BCUT2D eigenvalue weighted by molar-refractivity contribution is 9.10. The summed E-state index contributed by atoms with van der Waals surface area (Å²) < 4.78 is 10.9. The van der Waals surface area contributed by atoms with Crippen LogP contribution in [0, 0.1) is 5.92 Å². The van der Waals surface area contributed by atoms with Gasteiger partial charge in [0.2, 0.25) is 0 Å². The molecule has 0 spiro atoms. The van der Waals surface area contributed by atoms with Crippen molar-refractivity contribution >= 4 is 27.9 Å². The summed E-state index contributed by atoms with van der Waals surface area (Å²) in [4.78, 5) is 24.1. The van der Waals surface area contributed by atoms with Gasteiger partial charge < -0.3 is 9.47 Å². The molecule has 0 N–H and O–H groups in total. The van der Waals surface area contributed by atoms with Gasteiger partial charge in [-0.1, -0.05) is 48.8 Å². The largest absolute Gasteiger partial charge is 0.465 e. The average molecular weight is 385 g/mol. The normalized spacial score (nSPS) is 11.4. The van der Waals surface area contributed by atoms with Crippen LogP contribution < -0.4 is 0 Å². The summed E-state index contributed by atoms with van der Waals surface area (Å²) >= 11 is 3.54. The summed E-state index contributed by atoms with van der Waals surface area (Å²) in [5, 5.41) is 0. The molecule has 1 rings (SSSR count). The summed E-state index contributed by atoms with van der Waals surface area (Å²) in [6.07, 6.45) is 0.253. The van der Waals surface area contributed by atoms with Gasteiger partial charge >= 0.3 is 11.9 Å². The Morgan fingerprint density at radius 3 is 2.00 bits per heavy atom. The first kappa shape index (κ1) is 19.7. The number of carbonyl (C=O) groups excluding carboxylic acids is 2. The van der Waals surface area contributed by atoms with Crippen molar-refractivity contribution in [3.8, 4) is 0 Å². The maximum Gasteiger partial charge on any atom is 0.320 e. The van der Waals surface area contributed by atoms with Gasteiger partial charge in [-0.3, -0.25) is 9.59 Å². The van der Waals surface area contributed by atoms with Gasteiger partial charge in [0.15, 0.2) is 5.92 Å². The lowest BCUT2D eigenvalue weighted by atomic mass is 9.86. The molecule has 4 nitrogen and oxygen atoms in total. The Morgan fingerprint density at radius 2 is 1.61 bits per heavy atom. The topological polar surface area (TPSA) is 52.6 Å². The molecule has 0 bridgehead atoms. The molecule has 0 heterocycles. The number of halogens is 1. The van der Waals surface area contributed by atoms with Gasteiger partial charge in [0.25, 0.3) is 0 Å². The van der Waals surface area contributed by atoms with E-state index in [1.807, 2.05) is 18.2 Å².